The predicted molar refractivity (Wildman–Crippen MR) is 130 cm³/mol. The van der Waals surface area contributed by atoms with Gasteiger partial charge in [-0.15, -0.1) is 0 Å². The van der Waals surface area contributed by atoms with E-state index in [4.69, 9.17) is 0 Å². The zero-order valence-electron chi connectivity index (χ0n) is 19.3. The second-order valence-corrected chi connectivity index (χ2v) is 12.3. The molecule has 35 heavy (non-hydrogen) atoms. The topological polar surface area (TPSA) is 104 Å². The van der Waals surface area contributed by atoms with Gasteiger partial charge in [0.25, 0.3) is 10.0 Å². The summed E-state index contributed by atoms with van der Waals surface area (Å²) in [7, 11) is -7.58. The van der Waals surface area contributed by atoms with E-state index < -0.39 is 32.3 Å². The number of alkyl halides is 3. The number of nitrogens with one attached hydrogen (secondary N) is 3. The van der Waals surface area contributed by atoms with Gasteiger partial charge in [-0.2, -0.15) is 13.2 Å². The summed E-state index contributed by atoms with van der Waals surface area (Å²) in [6.45, 7) is -0.160. The Morgan fingerprint density at radius 3 is 2.14 bits per heavy atom. The van der Waals surface area contributed by atoms with Gasteiger partial charge in [-0.1, -0.05) is 50.3 Å². The fourth-order valence-electron chi connectivity index (χ4n) is 4.22. The van der Waals surface area contributed by atoms with Crippen LogP contribution in [0.1, 0.15) is 44.1 Å². The average molecular weight is 534 g/mol. The Morgan fingerprint density at radius 1 is 0.914 bits per heavy atom. The van der Waals surface area contributed by atoms with E-state index in [0.29, 0.717) is 5.56 Å². The molecule has 1 aliphatic carbocycles. The van der Waals surface area contributed by atoms with Crippen LogP contribution in [0.3, 0.4) is 0 Å². The molecular weight excluding hydrogens is 503 g/mol. The summed E-state index contributed by atoms with van der Waals surface area (Å²) in [6, 6.07) is 9.68. The maximum absolute atomic E-state index is 13.7. The molecule has 2 aromatic rings. The van der Waals surface area contributed by atoms with Crippen LogP contribution in [-0.2, 0) is 26.6 Å². The average Bonchev–Trinajstić information content (AvgIpc) is 2.76. The van der Waals surface area contributed by atoms with E-state index in [1.807, 2.05) is 0 Å². The van der Waals surface area contributed by atoms with Gasteiger partial charge in [0, 0.05) is 12.2 Å². The Balaban J connectivity index is 1.72. The molecule has 3 N–H and O–H groups in total. The minimum absolute atomic E-state index is 0.00522. The molecule has 0 spiro atoms. The highest BCUT2D eigenvalue weighted by Gasteiger charge is 2.40. The molecule has 0 aliphatic heterocycles. The lowest BCUT2D eigenvalue weighted by atomic mass is 9.84. The summed E-state index contributed by atoms with van der Waals surface area (Å²) < 4.78 is 94.1. The van der Waals surface area contributed by atoms with Crippen molar-refractivity contribution in [1.29, 1.82) is 0 Å². The van der Waals surface area contributed by atoms with Gasteiger partial charge in [0.05, 0.1) is 16.8 Å². The number of anilines is 2. The van der Waals surface area contributed by atoms with E-state index in [2.05, 4.69) is 14.8 Å². The Bertz CT molecular complexity index is 1200. The number of hydrogen-bond donors (Lipinski definition) is 3. The van der Waals surface area contributed by atoms with Gasteiger partial charge < -0.3 is 5.32 Å². The molecule has 0 aromatic heterocycles. The van der Waals surface area contributed by atoms with Gasteiger partial charge in [-0.05, 0) is 48.2 Å². The summed E-state index contributed by atoms with van der Waals surface area (Å²) >= 11 is 0. The molecule has 1 aliphatic rings. The molecule has 0 radical (unpaired) electrons. The van der Waals surface area contributed by atoms with Gasteiger partial charge >= 0.3 is 6.18 Å². The molecular formula is C23H30F3N3O4S2. The van der Waals surface area contributed by atoms with Crippen LogP contribution in [0.5, 0.6) is 0 Å². The molecule has 12 heteroatoms. The van der Waals surface area contributed by atoms with Gasteiger partial charge in [-0.25, -0.2) is 16.8 Å². The highest BCUT2D eigenvalue weighted by Crippen LogP contribution is 2.33. The number of para-hydroxylation sites is 1. The number of benzene rings is 2. The Hall–Kier alpha value is -2.31. The molecule has 2 aromatic carbocycles. The van der Waals surface area contributed by atoms with Crippen LogP contribution in [0.25, 0.3) is 0 Å². The quantitative estimate of drug-likeness (QED) is 0.405. The van der Waals surface area contributed by atoms with E-state index in [1.165, 1.54) is 30.3 Å². The Labute approximate surface area is 204 Å². The zero-order chi connectivity index (χ0) is 25.7. The van der Waals surface area contributed by atoms with Gasteiger partial charge in [-0.3, -0.25) is 9.44 Å². The molecule has 0 heterocycles. The van der Waals surface area contributed by atoms with Crippen LogP contribution in [0.4, 0.5) is 24.5 Å². The third kappa shape index (κ3) is 8.39. The first-order valence-electron chi connectivity index (χ1n) is 11.3. The summed E-state index contributed by atoms with van der Waals surface area (Å²) in [5.74, 6) is 0.0248. The normalized spacial score (nSPS) is 16.6. The van der Waals surface area contributed by atoms with Crippen LogP contribution in [0.2, 0.25) is 0 Å². The first-order valence-corrected chi connectivity index (χ1v) is 14.7. The molecule has 1 fully saturated rings. The third-order valence-corrected chi connectivity index (χ3v) is 7.95. The van der Waals surface area contributed by atoms with Crippen LogP contribution >= 0.6 is 0 Å². The highest BCUT2D eigenvalue weighted by molar-refractivity contribution is 7.92. The van der Waals surface area contributed by atoms with Gasteiger partial charge in [0.1, 0.15) is 6.04 Å². The molecule has 1 saturated carbocycles. The Kier molecular flexibility index (Phi) is 8.71. The van der Waals surface area contributed by atoms with Crippen molar-refractivity contribution in [2.75, 3.05) is 15.7 Å². The fourth-order valence-corrected chi connectivity index (χ4v) is 5.88. The van der Waals surface area contributed by atoms with Crippen molar-refractivity contribution in [3.05, 3.63) is 54.1 Å². The molecule has 194 valence electrons. The molecule has 1 atom stereocenters. The van der Waals surface area contributed by atoms with Crippen LogP contribution in [0.15, 0.2) is 53.4 Å². The van der Waals surface area contributed by atoms with Crippen LogP contribution < -0.4 is 14.8 Å². The van der Waals surface area contributed by atoms with E-state index >= 15 is 0 Å². The standard InChI is InChI=1S/C23H30F3N3O4S2/c1-34(30,31)28-19-11-13-20(14-12-19)35(32,33)29-21-10-6-5-9-18(21)16-27-22(23(24,25)26)15-17-7-3-2-4-8-17/h5-6,9-14,17,22,27-29H,2-4,7-8,15-16H2,1H3. The summed E-state index contributed by atoms with van der Waals surface area (Å²) in [4.78, 5) is -0.121. The molecule has 0 saturated heterocycles. The number of sulfonamides is 2. The number of halogens is 3. The second-order valence-electron chi connectivity index (χ2n) is 8.88. The first-order chi connectivity index (χ1) is 16.3. The van der Waals surface area contributed by atoms with Crippen molar-refractivity contribution in [2.45, 2.75) is 62.2 Å². The zero-order valence-corrected chi connectivity index (χ0v) is 20.9. The SMILES string of the molecule is CS(=O)(=O)Nc1ccc(S(=O)(=O)Nc2ccccc2CNC(CC2CCCCC2)C(F)(F)F)cc1. The lowest BCUT2D eigenvalue weighted by Crippen LogP contribution is -2.43. The predicted octanol–water partition coefficient (Wildman–Crippen LogP) is 4.85. The fraction of sp³-hybridized carbons (Fsp3) is 0.478. The van der Waals surface area contributed by atoms with Crippen molar-refractivity contribution in [2.24, 2.45) is 5.92 Å². The minimum atomic E-state index is -4.41. The third-order valence-electron chi connectivity index (χ3n) is 5.96. The van der Waals surface area contributed by atoms with Crippen molar-refractivity contribution in [3.8, 4) is 0 Å². The second kappa shape index (κ2) is 11.2. The lowest BCUT2D eigenvalue weighted by molar-refractivity contribution is -0.160. The molecule has 0 amide bonds. The van der Waals surface area contributed by atoms with Crippen molar-refractivity contribution in [1.82, 2.24) is 5.32 Å². The van der Waals surface area contributed by atoms with Crippen LogP contribution in [0, 0.1) is 5.92 Å². The van der Waals surface area contributed by atoms with E-state index in [1.54, 1.807) is 18.2 Å². The van der Waals surface area contributed by atoms with Gasteiger partial charge in [0.2, 0.25) is 10.0 Å². The Morgan fingerprint density at radius 2 is 1.54 bits per heavy atom. The minimum Gasteiger partial charge on any atom is -0.302 e. The first kappa shape index (κ1) is 27.3. The van der Waals surface area contributed by atoms with Gasteiger partial charge in [0.15, 0.2) is 0 Å². The van der Waals surface area contributed by atoms with Crippen molar-refractivity contribution >= 4 is 31.4 Å². The van der Waals surface area contributed by atoms with E-state index in [0.717, 1.165) is 38.4 Å². The van der Waals surface area contributed by atoms with Crippen LogP contribution in [-0.4, -0.2) is 35.3 Å². The maximum Gasteiger partial charge on any atom is 0.403 e. The smallest absolute Gasteiger partial charge is 0.302 e. The molecule has 1 unspecified atom stereocenters. The highest BCUT2D eigenvalue weighted by atomic mass is 32.2. The van der Waals surface area contributed by atoms with E-state index in [9.17, 15) is 30.0 Å². The summed E-state index contributed by atoms with van der Waals surface area (Å²) in [5.41, 5.74) is 0.744. The largest absolute Gasteiger partial charge is 0.403 e. The number of rotatable bonds is 10. The molecule has 0 bridgehead atoms. The monoisotopic (exact) mass is 533 g/mol. The lowest BCUT2D eigenvalue weighted by Gasteiger charge is -2.29. The maximum atomic E-state index is 13.7. The molecule has 3 rings (SSSR count). The van der Waals surface area contributed by atoms with Crippen molar-refractivity contribution in [3.63, 3.8) is 0 Å². The van der Waals surface area contributed by atoms with E-state index in [-0.39, 0.29) is 35.2 Å². The summed E-state index contributed by atoms with van der Waals surface area (Å²) in [6.07, 6.45) is 1.12. The van der Waals surface area contributed by atoms with Crippen molar-refractivity contribution < 1.29 is 30.0 Å². The summed E-state index contributed by atoms with van der Waals surface area (Å²) in [5, 5.41) is 2.59. The number of hydrogen-bond acceptors (Lipinski definition) is 5. The molecule has 7 nitrogen and oxygen atoms in total.